The number of likely N-dealkylation sites (tertiary alicyclic amines) is 1. The summed E-state index contributed by atoms with van der Waals surface area (Å²) in [6, 6.07) is 10.9. The van der Waals surface area contributed by atoms with Gasteiger partial charge in [0.25, 0.3) is 0 Å². The first kappa shape index (κ1) is 18.1. The van der Waals surface area contributed by atoms with Gasteiger partial charge in [-0.2, -0.15) is 5.10 Å². The van der Waals surface area contributed by atoms with Crippen molar-refractivity contribution in [3.8, 4) is 0 Å². The summed E-state index contributed by atoms with van der Waals surface area (Å²) in [6.45, 7) is 10.6. The molecule has 1 aromatic carbocycles. The zero-order valence-electron chi connectivity index (χ0n) is 15.6. The minimum atomic E-state index is -0.221. The molecule has 1 fully saturated rings. The van der Waals surface area contributed by atoms with E-state index >= 15 is 0 Å². The highest BCUT2D eigenvalue weighted by atomic mass is 16.3. The van der Waals surface area contributed by atoms with Gasteiger partial charge in [0.05, 0.1) is 11.8 Å². The Balaban J connectivity index is 1.57. The number of nitrogens with zero attached hydrogens (tertiary/aromatic N) is 3. The lowest BCUT2D eigenvalue weighted by Crippen LogP contribution is -2.37. The van der Waals surface area contributed by atoms with Crippen molar-refractivity contribution in [1.29, 1.82) is 0 Å². The Morgan fingerprint density at radius 1 is 1.24 bits per heavy atom. The minimum absolute atomic E-state index is 0.221. The van der Waals surface area contributed by atoms with E-state index in [9.17, 15) is 5.11 Å². The van der Waals surface area contributed by atoms with Crippen LogP contribution in [-0.2, 0) is 19.6 Å². The van der Waals surface area contributed by atoms with Gasteiger partial charge in [0.2, 0.25) is 0 Å². The molecule has 0 bridgehead atoms. The van der Waals surface area contributed by atoms with Crippen molar-refractivity contribution >= 4 is 0 Å². The summed E-state index contributed by atoms with van der Waals surface area (Å²) in [7, 11) is 0. The Morgan fingerprint density at radius 3 is 2.68 bits per heavy atom. The number of hydrogen-bond donors (Lipinski definition) is 2. The molecule has 2 unspecified atom stereocenters. The van der Waals surface area contributed by atoms with Crippen LogP contribution in [0.15, 0.2) is 30.3 Å². The third-order valence-corrected chi connectivity index (χ3v) is 5.25. The van der Waals surface area contributed by atoms with Crippen LogP contribution in [0.4, 0.5) is 0 Å². The van der Waals surface area contributed by atoms with Gasteiger partial charge in [0, 0.05) is 50.0 Å². The maximum Gasteiger partial charge on any atom is 0.0682 e. The predicted molar refractivity (Wildman–Crippen MR) is 100 cm³/mol. The lowest BCUT2D eigenvalue weighted by Gasteiger charge is -2.24. The van der Waals surface area contributed by atoms with Crippen LogP contribution in [0.5, 0.6) is 0 Å². The van der Waals surface area contributed by atoms with Crippen molar-refractivity contribution < 1.29 is 5.11 Å². The maximum absolute atomic E-state index is 10.1. The fourth-order valence-electron chi connectivity index (χ4n) is 3.84. The summed E-state index contributed by atoms with van der Waals surface area (Å²) in [5.41, 5.74) is 4.96. The van der Waals surface area contributed by atoms with Gasteiger partial charge < -0.3 is 10.4 Å². The van der Waals surface area contributed by atoms with Gasteiger partial charge >= 0.3 is 0 Å². The number of β-amino-alcohol motifs (C(OH)–C–C–N with tert-alkyl or cyclic N) is 1. The van der Waals surface area contributed by atoms with E-state index in [-0.39, 0.29) is 6.10 Å². The van der Waals surface area contributed by atoms with Crippen molar-refractivity contribution in [2.45, 2.75) is 59.0 Å². The second kappa shape index (κ2) is 8.13. The highest BCUT2D eigenvalue weighted by Gasteiger charge is 2.30. The quantitative estimate of drug-likeness (QED) is 0.810. The summed E-state index contributed by atoms with van der Waals surface area (Å²) in [6.07, 6.45) is 0.619. The molecule has 3 rings (SSSR count). The van der Waals surface area contributed by atoms with E-state index in [2.05, 4.69) is 65.0 Å². The zero-order chi connectivity index (χ0) is 17.8. The Labute approximate surface area is 150 Å². The molecule has 2 aromatic rings. The van der Waals surface area contributed by atoms with Gasteiger partial charge in [0.1, 0.15) is 0 Å². The average Bonchev–Trinajstić information content (AvgIpc) is 3.09. The van der Waals surface area contributed by atoms with Crippen molar-refractivity contribution in [3.63, 3.8) is 0 Å². The first-order valence-electron chi connectivity index (χ1n) is 9.28. The van der Waals surface area contributed by atoms with E-state index in [0.29, 0.717) is 6.04 Å². The van der Waals surface area contributed by atoms with E-state index in [1.807, 2.05) is 6.07 Å². The highest BCUT2D eigenvalue weighted by molar-refractivity contribution is 5.24. The second-order valence-electron chi connectivity index (χ2n) is 7.05. The number of hydrogen-bond acceptors (Lipinski definition) is 4. The van der Waals surface area contributed by atoms with Crippen molar-refractivity contribution in [2.24, 2.45) is 0 Å². The van der Waals surface area contributed by atoms with Crippen LogP contribution < -0.4 is 5.32 Å². The number of aromatic nitrogens is 2. The van der Waals surface area contributed by atoms with Gasteiger partial charge in [0.15, 0.2) is 0 Å². The fraction of sp³-hybridized carbons (Fsp3) is 0.550. The average molecular weight is 342 g/mol. The number of aliphatic hydroxyl groups excluding tert-OH is 1. The van der Waals surface area contributed by atoms with Crippen LogP contribution in [0.1, 0.15) is 35.9 Å². The molecule has 25 heavy (non-hydrogen) atoms. The van der Waals surface area contributed by atoms with E-state index in [1.54, 1.807) is 0 Å². The van der Waals surface area contributed by atoms with Crippen LogP contribution in [0.3, 0.4) is 0 Å². The first-order valence-corrected chi connectivity index (χ1v) is 9.28. The lowest BCUT2D eigenvalue weighted by molar-refractivity contribution is 0.172. The summed E-state index contributed by atoms with van der Waals surface area (Å²) >= 11 is 0. The second-order valence-corrected chi connectivity index (χ2v) is 7.05. The topological polar surface area (TPSA) is 53.3 Å². The molecule has 1 saturated heterocycles. The molecule has 1 aromatic heterocycles. The molecule has 5 nitrogen and oxygen atoms in total. The SMILES string of the molecule is CCn1nc(C)c(CNCC2CC(O)CN2Cc2ccccc2)c1C. The Morgan fingerprint density at radius 2 is 2.00 bits per heavy atom. The van der Waals surface area contributed by atoms with Gasteiger partial charge in [-0.15, -0.1) is 0 Å². The smallest absolute Gasteiger partial charge is 0.0682 e. The van der Waals surface area contributed by atoms with Crippen LogP contribution in [0.25, 0.3) is 0 Å². The van der Waals surface area contributed by atoms with Crippen LogP contribution >= 0.6 is 0 Å². The molecule has 136 valence electrons. The van der Waals surface area contributed by atoms with Crippen LogP contribution in [0, 0.1) is 13.8 Å². The fourth-order valence-corrected chi connectivity index (χ4v) is 3.84. The van der Waals surface area contributed by atoms with Gasteiger partial charge in [-0.25, -0.2) is 0 Å². The molecule has 2 N–H and O–H groups in total. The standard InChI is InChI=1S/C20H30N4O/c1-4-24-16(3)20(15(2)22-24)12-21-11-18-10-19(25)14-23(18)13-17-8-6-5-7-9-17/h5-9,18-19,21,25H,4,10-14H2,1-3H3. The molecule has 0 amide bonds. The molecule has 0 saturated carbocycles. The predicted octanol–water partition coefficient (Wildman–Crippen LogP) is 2.24. The highest BCUT2D eigenvalue weighted by Crippen LogP contribution is 2.20. The van der Waals surface area contributed by atoms with Gasteiger partial charge in [-0.1, -0.05) is 30.3 Å². The molecule has 5 heteroatoms. The third kappa shape index (κ3) is 4.29. The van der Waals surface area contributed by atoms with Gasteiger partial charge in [-0.05, 0) is 32.8 Å². The summed E-state index contributed by atoms with van der Waals surface area (Å²) in [5, 5.41) is 18.3. The minimum Gasteiger partial charge on any atom is -0.392 e. The van der Waals surface area contributed by atoms with E-state index in [4.69, 9.17) is 0 Å². The van der Waals surface area contributed by atoms with Crippen molar-refractivity contribution in [2.75, 3.05) is 13.1 Å². The molecular formula is C20H30N4O. The Bertz CT molecular complexity index is 683. The molecular weight excluding hydrogens is 312 g/mol. The van der Waals surface area contributed by atoms with Crippen LogP contribution in [0.2, 0.25) is 0 Å². The normalized spacial score (nSPS) is 21.1. The molecule has 0 radical (unpaired) electrons. The monoisotopic (exact) mass is 342 g/mol. The molecule has 0 spiro atoms. The lowest BCUT2D eigenvalue weighted by atomic mass is 10.1. The number of nitrogens with one attached hydrogen (secondary N) is 1. The van der Waals surface area contributed by atoms with E-state index in [0.717, 1.165) is 44.8 Å². The molecule has 2 heterocycles. The van der Waals surface area contributed by atoms with Crippen LogP contribution in [-0.4, -0.2) is 45.0 Å². The number of aliphatic hydroxyl groups is 1. The largest absolute Gasteiger partial charge is 0.392 e. The molecule has 1 aliphatic rings. The summed E-state index contributed by atoms with van der Waals surface area (Å²) < 4.78 is 2.06. The maximum atomic E-state index is 10.1. The van der Waals surface area contributed by atoms with E-state index in [1.165, 1.54) is 16.8 Å². The number of aryl methyl sites for hydroxylation is 2. The molecule has 1 aliphatic heterocycles. The first-order chi connectivity index (χ1) is 12.1. The van der Waals surface area contributed by atoms with Gasteiger partial charge in [-0.3, -0.25) is 9.58 Å². The Hall–Kier alpha value is -1.69. The van der Waals surface area contributed by atoms with Crippen molar-refractivity contribution in [3.05, 3.63) is 52.8 Å². The summed E-state index contributed by atoms with van der Waals surface area (Å²) in [4.78, 5) is 2.39. The Kier molecular flexibility index (Phi) is 5.89. The van der Waals surface area contributed by atoms with Crippen molar-refractivity contribution in [1.82, 2.24) is 20.0 Å². The zero-order valence-corrected chi connectivity index (χ0v) is 15.6. The summed E-state index contributed by atoms with van der Waals surface area (Å²) in [5.74, 6) is 0. The molecule has 2 atom stereocenters. The third-order valence-electron chi connectivity index (χ3n) is 5.25. The molecule has 0 aliphatic carbocycles. The number of rotatable bonds is 7. The van der Waals surface area contributed by atoms with E-state index < -0.39 is 0 Å². The number of benzene rings is 1.